The van der Waals surface area contributed by atoms with Crippen LogP contribution in [0.4, 0.5) is 0 Å². The zero-order chi connectivity index (χ0) is 43.2. The fourth-order valence-electron chi connectivity index (χ4n) is 10.5. The van der Waals surface area contributed by atoms with E-state index in [2.05, 4.69) is 188 Å². The highest BCUT2D eigenvalue weighted by atomic mass is 15.2. The van der Waals surface area contributed by atoms with E-state index in [4.69, 9.17) is 15.0 Å². The van der Waals surface area contributed by atoms with Crippen molar-refractivity contribution in [3.8, 4) is 56.7 Å². The summed E-state index contributed by atoms with van der Waals surface area (Å²) in [5.41, 5.74) is 15.5. The Labute approximate surface area is 373 Å². The number of hydrogen-bond donors (Lipinski definition) is 0. The smallest absolute Gasteiger partial charge is 0.238 e. The molecular weight excluding hydrogens is 779 g/mol. The summed E-state index contributed by atoms with van der Waals surface area (Å²) in [6.07, 6.45) is 2.36. The van der Waals surface area contributed by atoms with Crippen molar-refractivity contribution in [2.75, 3.05) is 0 Å². The van der Waals surface area contributed by atoms with Crippen LogP contribution < -0.4 is 0 Å². The maximum absolute atomic E-state index is 5.24. The van der Waals surface area contributed by atoms with Gasteiger partial charge in [-0.25, -0.2) is 4.98 Å². The molecule has 3 heterocycles. The first-order chi connectivity index (χ1) is 31.2. The number of hydrogen-bond acceptors (Lipinski definition) is 3. The van der Waals surface area contributed by atoms with Gasteiger partial charge in [-0.1, -0.05) is 179 Å². The van der Waals surface area contributed by atoms with Crippen LogP contribution in [0.2, 0.25) is 0 Å². The van der Waals surface area contributed by atoms with Crippen molar-refractivity contribution in [1.29, 1.82) is 0 Å². The summed E-state index contributed by atoms with van der Waals surface area (Å²) in [6.45, 7) is 9.66. The third kappa shape index (κ3) is 6.02. The van der Waals surface area contributed by atoms with E-state index in [9.17, 15) is 0 Å². The zero-order valence-electron chi connectivity index (χ0n) is 36.5. The van der Waals surface area contributed by atoms with Crippen LogP contribution in [-0.2, 0) is 10.8 Å². The quantitative estimate of drug-likeness (QED) is 0.168. The molecule has 0 fully saturated rings. The van der Waals surface area contributed by atoms with Gasteiger partial charge in [0.25, 0.3) is 0 Å². The van der Waals surface area contributed by atoms with E-state index in [-0.39, 0.29) is 10.8 Å². The Hall–Kier alpha value is -7.63. The van der Waals surface area contributed by atoms with E-state index in [0.717, 1.165) is 49.7 Å². The van der Waals surface area contributed by atoms with Gasteiger partial charge in [-0.15, -0.1) is 0 Å². The molecule has 5 nitrogen and oxygen atoms in total. The van der Waals surface area contributed by atoms with E-state index >= 15 is 0 Å². The number of para-hydroxylation sites is 3. The van der Waals surface area contributed by atoms with Gasteiger partial charge in [-0.3, -0.25) is 4.57 Å². The first-order valence-corrected chi connectivity index (χ1v) is 22.4. The van der Waals surface area contributed by atoms with Crippen molar-refractivity contribution in [2.45, 2.75) is 51.4 Å². The van der Waals surface area contributed by atoms with Crippen molar-refractivity contribution in [3.63, 3.8) is 0 Å². The van der Waals surface area contributed by atoms with Crippen molar-refractivity contribution < 1.29 is 0 Å². The van der Waals surface area contributed by atoms with Gasteiger partial charge in [0.1, 0.15) is 0 Å². The number of rotatable bonds is 6. The second-order valence-electron chi connectivity index (χ2n) is 18.7. The molecule has 8 aromatic carbocycles. The molecule has 0 aliphatic heterocycles. The minimum Gasteiger partial charge on any atom is -0.309 e. The average Bonchev–Trinajstić information content (AvgIpc) is 3.84. The van der Waals surface area contributed by atoms with Crippen LogP contribution >= 0.6 is 0 Å². The summed E-state index contributed by atoms with van der Waals surface area (Å²) in [5.74, 6) is 1.84. The molecule has 11 aromatic rings. The molecule has 12 rings (SSSR count). The molecule has 0 amide bonds. The van der Waals surface area contributed by atoms with Crippen molar-refractivity contribution in [2.24, 2.45) is 0 Å². The predicted molar refractivity (Wildman–Crippen MR) is 266 cm³/mol. The lowest BCUT2D eigenvalue weighted by atomic mass is 9.61. The zero-order valence-corrected chi connectivity index (χ0v) is 36.5. The van der Waals surface area contributed by atoms with Gasteiger partial charge in [-0.2, -0.15) is 9.97 Å². The molecule has 0 bridgehead atoms. The molecule has 5 heteroatoms. The first-order valence-electron chi connectivity index (χ1n) is 22.4. The molecule has 1 aliphatic carbocycles. The molecule has 0 saturated heterocycles. The van der Waals surface area contributed by atoms with Gasteiger partial charge in [0, 0.05) is 38.2 Å². The summed E-state index contributed by atoms with van der Waals surface area (Å²) in [7, 11) is 0. The molecule has 0 unspecified atom stereocenters. The Morgan fingerprint density at radius 2 is 0.875 bits per heavy atom. The fraction of sp³-hybridized carbons (Fsp3) is 0.136. The van der Waals surface area contributed by atoms with Crippen molar-refractivity contribution in [3.05, 3.63) is 199 Å². The maximum atomic E-state index is 5.24. The highest BCUT2D eigenvalue weighted by Gasteiger charge is 2.38. The Morgan fingerprint density at radius 3 is 1.55 bits per heavy atom. The number of fused-ring (bicyclic) bond motifs is 7. The van der Waals surface area contributed by atoms with Crippen LogP contribution in [0.1, 0.15) is 51.7 Å². The van der Waals surface area contributed by atoms with Crippen LogP contribution in [0.25, 0.3) is 100 Å². The third-order valence-electron chi connectivity index (χ3n) is 13.8. The second kappa shape index (κ2) is 14.5. The molecule has 0 atom stereocenters. The standard InChI is InChI=1S/C59H47N5/c1-58(2)33-34-59(3,4)54-43(28-18-29-48(54)58)41-24-17-23-40(35-41)42-25-11-14-30-49(42)63-50-31-15-12-26-44(50)46-36-47-45-27-13-16-32-51(45)64(53(47)37-52(46)63)57-61-55(38-19-7-5-8-20-38)60-56(62-57)39-21-9-6-10-22-39/h5-32,35-37H,33-34H2,1-4H3. The second-order valence-corrected chi connectivity index (χ2v) is 18.7. The van der Waals surface area contributed by atoms with Gasteiger partial charge in [0.05, 0.1) is 27.8 Å². The van der Waals surface area contributed by atoms with Gasteiger partial charge in [0.15, 0.2) is 11.6 Å². The molecule has 0 radical (unpaired) electrons. The Balaban J connectivity index is 1.10. The lowest BCUT2D eigenvalue weighted by molar-refractivity contribution is 0.333. The van der Waals surface area contributed by atoms with Gasteiger partial charge in [0.2, 0.25) is 5.95 Å². The summed E-state index contributed by atoms with van der Waals surface area (Å²) < 4.78 is 4.69. The SMILES string of the molecule is CC1(C)CCC(C)(C)c2c(-c3cccc(-c4ccccc4-n4c5ccccc5c5cc6c7ccccc7n(-c7nc(-c8ccccc8)nc(-c8ccccc8)n7)c6cc54)c3)cccc21. The number of nitrogens with zero attached hydrogens (tertiary/aromatic N) is 5. The van der Waals surface area contributed by atoms with Crippen molar-refractivity contribution in [1.82, 2.24) is 24.1 Å². The normalized spacial score (nSPS) is 14.4. The average molecular weight is 826 g/mol. The van der Waals surface area contributed by atoms with Crippen LogP contribution in [0.3, 0.4) is 0 Å². The maximum Gasteiger partial charge on any atom is 0.238 e. The van der Waals surface area contributed by atoms with E-state index in [1.807, 2.05) is 36.4 Å². The minimum absolute atomic E-state index is 0.0830. The molecule has 0 saturated carbocycles. The van der Waals surface area contributed by atoms with Crippen LogP contribution in [0, 0.1) is 0 Å². The molecule has 0 spiro atoms. The topological polar surface area (TPSA) is 48.5 Å². The molecule has 64 heavy (non-hydrogen) atoms. The highest BCUT2D eigenvalue weighted by Crippen LogP contribution is 2.50. The Kier molecular flexibility index (Phi) is 8.61. The molecule has 0 N–H and O–H groups in total. The lowest BCUT2D eigenvalue weighted by Crippen LogP contribution is -2.34. The largest absolute Gasteiger partial charge is 0.309 e. The van der Waals surface area contributed by atoms with Crippen LogP contribution in [0.15, 0.2) is 188 Å². The van der Waals surface area contributed by atoms with Gasteiger partial charge < -0.3 is 4.57 Å². The minimum atomic E-state index is 0.0830. The Bertz CT molecular complexity index is 3550. The monoisotopic (exact) mass is 825 g/mol. The summed E-state index contributed by atoms with van der Waals surface area (Å²) >= 11 is 0. The predicted octanol–water partition coefficient (Wildman–Crippen LogP) is 15.1. The van der Waals surface area contributed by atoms with Gasteiger partial charge >= 0.3 is 0 Å². The van der Waals surface area contributed by atoms with E-state index < -0.39 is 0 Å². The fourth-order valence-corrected chi connectivity index (χ4v) is 10.5. The van der Waals surface area contributed by atoms with Gasteiger partial charge in [-0.05, 0) is 87.9 Å². The molecule has 1 aliphatic rings. The number of benzene rings is 8. The van der Waals surface area contributed by atoms with E-state index in [1.165, 1.54) is 57.0 Å². The molecule has 3 aromatic heterocycles. The summed E-state index contributed by atoms with van der Waals surface area (Å²) in [5, 5.41) is 4.69. The third-order valence-corrected chi connectivity index (χ3v) is 13.8. The highest BCUT2D eigenvalue weighted by molar-refractivity contribution is 6.19. The van der Waals surface area contributed by atoms with E-state index in [0.29, 0.717) is 17.6 Å². The summed E-state index contributed by atoms with van der Waals surface area (Å²) in [4.78, 5) is 15.5. The van der Waals surface area contributed by atoms with Crippen LogP contribution in [0.5, 0.6) is 0 Å². The summed E-state index contributed by atoms with van der Waals surface area (Å²) in [6, 6.07) is 67.6. The first kappa shape index (κ1) is 38.1. The Morgan fingerprint density at radius 1 is 0.375 bits per heavy atom. The number of aromatic nitrogens is 5. The molecular formula is C59H47N5. The lowest BCUT2D eigenvalue weighted by Gasteiger charge is -2.43. The van der Waals surface area contributed by atoms with E-state index in [1.54, 1.807) is 0 Å². The van der Waals surface area contributed by atoms with Crippen molar-refractivity contribution >= 4 is 43.6 Å². The molecule has 308 valence electrons. The van der Waals surface area contributed by atoms with Crippen LogP contribution in [-0.4, -0.2) is 24.1 Å².